The summed E-state index contributed by atoms with van der Waals surface area (Å²) >= 11 is 0. The topological polar surface area (TPSA) is 92.2 Å². The molecule has 0 radical (unpaired) electrons. The van der Waals surface area contributed by atoms with Crippen LogP contribution in [0.25, 0.3) is 0 Å². The van der Waals surface area contributed by atoms with E-state index < -0.39 is 0 Å². The first kappa shape index (κ1) is 18.9. The molecule has 1 aromatic carbocycles. The Hall–Kier alpha value is -3.49. The SMILES string of the molecule is CC(C)Oc1ccccc1Nc1cnnc(N2CCN(c3ncccn3)CC2)n1. The van der Waals surface area contributed by atoms with E-state index in [1.807, 2.05) is 44.2 Å². The van der Waals surface area contributed by atoms with Crippen molar-refractivity contribution >= 4 is 23.4 Å². The van der Waals surface area contributed by atoms with E-state index in [4.69, 9.17) is 4.74 Å². The van der Waals surface area contributed by atoms with Gasteiger partial charge in [0, 0.05) is 38.6 Å². The summed E-state index contributed by atoms with van der Waals surface area (Å²) < 4.78 is 5.86. The zero-order valence-electron chi connectivity index (χ0n) is 16.6. The summed E-state index contributed by atoms with van der Waals surface area (Å²) in [7, 11) is 0. The second-order valence-corrected chi connectivity index (χ2v) is 6.95. The van der Waals surface area contributed by atoms with Crippen LogP contribution in [0.5, 0.6) is 5.75 Å². The lowest BCUT2D eigenvalue weighted by molar-refractivity contribution is 0.244. The number of nitrogens with zero attached hydrogens (tertiary/aromatic N) is 7. The average molecular weight is 392 g/mol. The molecule has 0 amide bonds. The number of piperazine rings is 1. The standard InChI is InChI=1S/C20H24N8O/c1-15(2)29-17-7-4-3-6-16(17)24-18-14-23-26-20(25-18)28-12-10-27(11-13-28)19-21-8-5-9-22-19/h3-9,14-15H,10-13H2,1-2H3,(H,24,25,26). The highest BCUT2D eigenvalue weighted by Crippen LogP contribution is 2.27. The zero-order chi connectivity index (χ0) is 20.1. The zero-order valence-corrected chi connectivity index (χ0v) is 16.6. The van der Waals surface area contributed by atoms with Crippen LogP contribution in [0.4, 0.5) is 23.4 Å². The van der Waals surface area contributed by atoms with Gasteiger partial charge in [-0.3, -0.25) is 0 Å². The first-order chi connectivity index (χ1) is 14.2. The highest BCUT2D eigenvalue weighted by Gasteiger charge is 2.21. The fraction of sp³-hybridized carbons (Fsp3) is 0.350. The maximum atomic E-state index is 5.86. The van der Waals surface area contributed by atoms with Crippen LogP contribution in [0, 0.1) is 0 Å². The maximum Gasteiger partial charge on any atom is 0.247 e. The molecule has 0 spiro atoms. The van der Waals surface area contributed by atoms with Gasteiger partial charge < -0.3 is 19.9 Å². The molecule has 4 rings (SSSR count). The quantitative estimate of drug-likeness (QED) is 0.679. The molecule has 3 aromatic rings. The largest absolute Gasteiger partial charge is 0.489 e. The molecule has 1 fully saturated rings. The van der Waals surface area contributed by atoms with Gasteiger partial charge in [0.25, 0.3) is 0 Å². The molecule has 0 unspecified atom stereocenters. The van der Waals surface area contributed by atoms with E-state index in [0.29, 0.717) is 11.8 Å². The van der Waals surface area contributed by atoms with Crippen LogP contribution in [0.1, 0.15) is 13.8 Å². The lowest BCUT2D eigenvalue weighted by Gasteiger charge is -2.34. The number of nitrogens with one attached hydrogen (secondary N) is 1. The molecule has 9 nitrogen and oxygen atoms in total. The van der Waals surface area contributed by atoms with Crippen molar-refractivity contribution in [3.8, 4) is 5.75 Å². The average Bonchev–Trinajstić information content (AvgIpc) is 2.76. The van der Waals surface area contributed by atoms with Crippen LogP contribution in [-0.4, -0.2) is 57.4 Å². The van der Waals surface area contributed by atoms with Crippen LogP contribution in [0.15, 0.2) is 48.9 Å². The van der Waals surface area contributed by atoms with E-state index in [-0.39, 0.29) is 6.10 Å². The van der Waals surface area contributed by atoms with Crippen molar-refractivity contribution in [1.29, 1.82) is 0 Å². The number of ether oxygens (including phenoxy) is 1. The molecule has 1 N–H and O–H groups in total. The molecule has 0 atom stereocenters. The fourth-order valence-corrected chi connectivity index (χ4v) is 3.11. The summed E-state index contributed by atoms with van der Waals surface area (Å²) in [5, 5.41) is 11.6. The van der Waals surface area contributed by atoms with Gasteiger partial charge in [0.2, 0.25) is 11.9 Å². The molecular formula is C20H24N8O. The molecular weight excluding hydrogens is 368 g/mol. The Morgan fingerprint density at radius 2 is 1.62 bits per heavy atom. The molecule has 9 heteroatoms. The Labute approximate surface area is 169 Å². The third-order valence-corrected chi connectivity index (χ3v) is 4.46. The Morgan fingerprint density at radius 3 is 2.34 bits per heavy atom. The summed E-state index contributed by atoms with van der Waals surface area (Å²) in [5.41, 5.74) is 0.846. The summed E-state index contributed by atoms with van der Waals surface area (Å²) in [5.74, 6) is 2.76. The molecule has 150 valence electrons. The number of hydrogen-bond acceptors (Lipinski definition) is 9. The van der Waals surface area contributed by atoms with Gasteiger partial charge >= 0.3 is 0 Å². The lowest BCUT2D eigenvalue weighted by Crippen LogP contribution is -2.47. The molecule has 29 heavy (non-hydrogen) atoms. The van der Waals surface area contributed by atoms with Crippen molar-refractivity contribution in [1.82, 2.24) is 25.1 Å². The first-order valence-corrected chi connectivity index (χ1v) is 9.68. The van der Waals surface area contributed by atoms with Gasteiger partial charge in [0.1, 0.15) is 5.75 Å². The van der Waals surface area contributed by atoms with Crippen molar-refractivity contribution < 1.29 is 4.74 Å². The molecule has 1 saturated heterocycles. The minimum atomic E-state index is 0.0851. The van der Waals surface area contributed by atoms with Crippen molar-refractivity contribution in [3.05, 3.63) is 48.9 Å². The first-order valence-electron chi connectivity index (χ1n) is 9.68. The molecule has 3 heterocycles. The minimum Gasteiger partial charge on any atom is -0.489 e. The molecule has 0 aliphatic carbocycles. The summed E-state index contributed by atoms with van der Waals surface area (Å²) in [6.45, 7) is 7.15. The molecule has 1 aliphatic heterocycles. The van der Waals surface area contributed by atoms with Crippen molar-refractivity contribution in [2.45, 2.75) is 20.0 Å². The van der Waals surface area contributed by atoms with Crippen LogP contribution in [-0.2, 0) is 0 Å². The maximum absolute atomic E-state index is 5.86. The molecule has 0 saturated carbocycles. The van der Waals surface area contributed by atoms with Gasteiger partial charge in [-0.2, -0.15) is 10.1 Å². The molecule has 1 aliphatic rings. The monoisotopic (exact) mass is 392 g/mol. The van der Waals surface area contributed by atoms with E-state index in [1.54, 1.807) is 18.6 Å². The van der Waals surface area contributed by atoms with Gasteiger partial charge in [-0.15, -0.1) is 5.10 Å². The second-order valence-electron chi connectivity index (χ2n) is 6.95. The van der Waals surface area contributed by atoms with E-state index in [1.165, 1.54) is 0 Å². The van der Waals surface area contributed by atoms with Crippen LogP contribution < -0.4 is 19.9 Å². The molecule has 2 aromatic heterocycles. The van der Waals surface area contributed by atoms with Gasteiger partial charge in [-0.1, -0.05) is 12.1 Å². The Balaban J connectivity index is 1.44. The number of rotatable bonds is 6. The summed E-state index contributed by atoms with van der Waals surface area (Å²) in [6.07, 6.45) is 5.22. The van der Waals surface area contributed by atoms with Crippen molar-refractivity contribution in [3.63, 3.8) is 0 Å². The summed E-state index contributed by atoms with van der Waals surface area (Å²) in [4.78, 5) is 17.6. The third kappa shape index (κ3) is 4.68. The predicted molar refractivity (Wildman–Crippen MR) is 112 cm³/mol. The van der Waals surface area contributed by atoms with Gasteiger partial charge in [-0.25, -0.2) is 9.97 Å². The van der Waals surface area contributed by atoms with Crippen LogP contribution >= 0.6 is 0 Å². The van der Waals surface area contributed by atoms with Gasteiger partial charge in [0.05, 0.1) is 18.0 Å². The fourth-order valence-electron chi connectivity index (χ4n) is 3.11. The van der Waals surface area contributed by atoms with Crippen molar-refractivity contribution in [2.24, 2.45) is 0 Å². The number of aromatic nitrogens is 5. The molecule has 0 bridgehead atoms. The Bertz CT molecular complexity index is 929. The second kappa shape index (κ2) is 8.68. The van der Waals surface area contributed by atoms with Crippen LogP contribution in [0.3, 0.4) is 0 Å². The van der Waals surface area contributed by atoms with E-state index in [2.05, 4.69) is 40.3 Å². The third-order valence-electron chi connectivity index (χ3n) is 4.46. The van der Waals surface area contributed by atoms with Gasteiger partial charge in [-0.05, 0) is 32.0 Å². The van der Waals surface area contributed by atoms with Gasteiger partial charge in [0.15, 0.2) is 5.82 Å². The van der Waals surface area contributed by atoms with E-state index in [0.717, 1.165) is 43.6 Å². The minimum absolute atomic E-state index is 0.0851. The number of benzene rings is 1. The smallest absolute Gasteiger partial charge is 0.247 e. The van der Waals surface area contributed by atoms with E-state index in [9.17, 15) is 0 Å². The highest BCUT2D eigenvalue weighted by molar-refractivity contribution is 5.64. The number of anilines is 4. The predicted octanol–water partition coefficient (Wildman–Crippen LogP) is 2.52. The Morgan fingerprint density at radius 1 is 0.931 bits per heavy atom. The highest BCUT2D eigenvalue weighted by atomic mass is 16.5. The summed E-state index contributed by atoms with van der Waals surface area (Å²) in [6, 6.07) is 9.61. The number of para-hydroxylation sites is 2. The van der Waals surface area contributed by atoms with E-state index >= 15 is 0 Å². The van der Waals surface area contributed by atoms with Crippen LogP contribution in [0.2, 0.25) is 0 Å². The normalized spacial score (nSPS) is 14.2. The lowest BCUT2D eigenvalue weighted by atomic mass is 10.3. The van der Waals surface area contributed by atoms with Crippen molar-refractivity contribution in [2.75, 3.05) is 41.3 Å². The number of hydrogen-bond donors (Lipinski definition) is 1. The Kier molecular flexibility index (Phi) is 5.64.